The van der Waals surface area contributed by atoms with Gasteiger partial charge in [0.05, 0.1) is 12.7 Å². The van der Waals surface area contributed by atoms with Gasteiger partial charge in [0.25, 0.3) is 0 Å². The highest BCUT2D eigenvalue weighted by atomic mass is 16.7. The highest BCUT2D eigenvalue weighted by Crippen LogP contribution is 2.71. The van der Waals surface area contributed by atoms with Gasteiger partial charge >= 0.3 is 11.9 Å². The van der Waals surface area contributed by atoms with Crippen LogP contribution in [-0.4, -0.2) is 48.4 Å². The van der Waals surface area contributed by atoms with Gasteiger partial charge in [0.15, 0.2) is 17.7 Å². The van der Waals surface area contributed by atoms with Crippen LogP contribution in [0.1, 0.15) is 92.9 Å². The molecule has 38 heavy (non-hydrogen) atoms. The first-order valence-electron chi connectivity index (χ1n) is 15.1. The molecule has 212 valence electrons. The van der Waals surface area contributed by atoms with Crippen LogP contribution in [0.2, 0.25) is 0 Å². The van der Waals surface area contributed by atoms with E-state index in [1.165, 1.54) is 13.8 Å². The number of hydrogen-bond donors (Lipinski definition) is 0. The molecule has 0 amide bonds. The summed E-state index contributed by atoms with van der Waals surface area (Å²) < 4.78 is 25.0. The van der Waals surface area contributed by atoms with E-state index in [-0.39, 0.29) is 64.9 Å². The van der Waals surface area contributed by atoms with E-state index in [4.69, 9.17) is 18.9 Å². The molecule has 2 saturated heterocycles. The van der Waals surface area contributed by atoms with E-state index in [0.717, 1.165) is 51.4 Å². The van der Waals surface area contributed by atoms with Crippen molar-refractivity contribution in [3.63, 3.8) is 0 Å². The van der Waals surface area contributed by atoms with E-state index in [2.05, 4.69) is 27.7 Å². The number of rotatable bonds is 2. The van der Waals surface area contributed by atoms with E-state index in [1.54, 1.807) is 0 Å². The van der Waals surface area contributed by atoms with Gasteiger partial charge in [0.1, 0.15) is 6.10 Å². The van der Waals surface area contributed by atoms with Crippen LogP contribution in [0.15, 0.2) is 0 Å². The van der Waals surface area contributed by atoms with Crippen LogP contribution in [0.3, 0.4) is 0 Å². The fourth-order valence-corrected chi connectivity index (χ4v) is 10.7. The van der Waals surface area contributed by atoms with Gasteiger partial charge in [0, 0.05) is 43.4 Å². The predicted octanol–water partition coefficient (Wildman–Crippen LogP) is 5.09. The molecule has 2 aliphatic heterocycles. The van der Waals surface area contributed by atoms with Gasteiger partial charge in [-0.2, -0.15) is 0 Å². The van der Waals surface area contributed by atoms with Crippen molar-refractivity contribution in [2.24, 2.45) is 52.3 Å². The van der Waals surface area contributed by atoms with Gasteiger partial charge in [0.2, 0.25) is 0 Å². The Morgan fingerprint density at radius 1 is 0.947 bits per heavy atom. The molecule has 6 aliphatic rings. The fraction of sp³-hybridized carbons (Fsp3) is 0.903. The average molecular weight is 531 g/mol. The van der Waals surface area contributed by atoms with Crippen LogP contribution >= 0.6 is 0 Å². The monoisotopic (exact) mass is 530 g/mol. The summed E-state index contributed by atoms with van der Waals surface area (Å²) in [5.41, 5.74) is -0.646. The van der Waals surface area contributed by atoms with Crippen molar-refractivity contribution >= 4 is 17.7 Å². The van der Waals surface area contributed by atoms with Crippen molar-refractivity contribution < 1.29 is 33.3 Å². The van der Waals surface area contributed by atoms with Crippen LogP contribution in [0.25, 0.3) is 0 Å². The maximum Gasteiger partial charge on any atom is 0.303 e. The number of carbonyl (C=O) groups excluding carboxylic acids is 3. The number of ketones is 1. The van der Waals surface area contributed by atoms with Crippen molar-refractivity contribution in [3.05, 3.63) is 0 Å². The third-order valence-corrected chi connectivity index (χ3v) is 12.3. The van der Waals surface area contributed by atoms with Gasteiger partial charge in [-0.3, -0.25) is 14.4 Å². The minimum Gasteiger partial charge on any atom is -0.463 e. The second-order valence-corrected chi connectivity index (χ2v) is 14.3. The molecule has 4 saturated carbocycles. The quantitative estimate of drug-likeness (QED) is 0.460. The number of carbonyl (C=O) groups is 3. The number of hydrogen-bond acceptors (Lipinski definition) is 7. The Labute approximate surface area is 227 Å². The number of Topliss-reactive ketones (excluding diaryl/α,β-unsaturated/α-hetero) is 1. The summed E-state index contributed by atoms with van der Waals surface area (Å²) in [6.07, 6.45) is 6.54. The molecule has 0 bridgehead atoms. The van der Waals surface area contributed by atoms with Crippen LogP contribution in [0.4, 0.5) is 0 Å². The zero-order valence-corrected chi connectivity index (χ0v) is 24.0. The molecule has 2 heterocycles. The Balaban J connectivity index is 1.34. The maximum atomic E-state index is 14.6. The second-order valence-electron chi connectivity index (χ2n) is 14.3. The molecule has 0 aromatic heterocycles. The largest absolute Gasteiger partial charge is 0.463 e. The summed E-state index contributed by atoms with van der Waals surface area (Å²) in [6, 6.07) is 0. The van der Waals surface area contributed by atoms with Crippen LogP contribution in [0, 0.1) is 52.3 Å². The number of fused-ring (bicyclic) bond motifs is 7. The van der Waals surface area contributed by atoms with Crippen molar-refractivity contribution in [1.29, 1.82) is 0 Å². The SMILES string of the molecule is CC(=O)O[C@H]1CC[C@]2(C)C3C(=O)[C@@H](OC(C)=O)[C@@]4(C)C(CC5O[C@]6(CCC(C)CO6)[C@@H](C)C54)C3CC[C@H]2C1. The van der Waals surface area contributed by atoms with Crippen LogP contribution < -0.4 is 0 Å². The Hall–Kier alpha value is -1.47. The molecular formula is C31H46O7. The molecule has 0 aromatic carbocycles. The second kappa shape index (κ2) is 9.02. The summed E-state index contributed by atoms with van der Waals surface area (Å²) >= 11 is 0. The summed E-state index contributed by atoms with van der Waals surface area (Å²) in [5.74, 6) is 0.386. The van der Waals surface area contributed by atoms with E-state index >= 15 is 0 Å². The van der Waals surface area contributed by atoms with Crippen LogP contribution in [0.5, 0.6) is 0 Å². The van der Waals surface area contributed by atoms with E-state index in [0.29, 0.717) is 18.4 Å². The van der Waals surface area contributed by atoms with Gasteiger partial charge in [-0.25, -0.2) is 0 Å². The van der Waals surface area contributed by atoms with Crippen molar-refractivity contribution in [1.82, 2.24) is 0 Å². The van der Waals surface area contributed by atoms with Crippen molar-refractivity contribution in [2.45, 2.75) is 117 Å². The molecular weight excluding hydrogens is 484 g/mol. The molecule has 4 aliphatic carbocycles. The molecule has 1 spiro atoms. The molecule has 7 nitrogen and oxygen atoms in total. The zero-order chi connectivity index (χ0) is 27.2. The molecule has 0 aromatic rings. The average Bonchev–Trinajstić information content (AvgIpc) is 3.29. The Bertz CT molecular complexity index is 1000. The number of ether oxygens (including phenoxy) is 4. The van der Waals surface area contributed by atoms with Gasteiger partial charge in [-0.15, -0.1) is 0 Å². The smallest absolute Gasteiger partial charge is 0.303 e. The van der Waals surface area contributed by atoms with Crippen molar-refractivity contribution in [3.8, 4) is 0 Å². The first kappa shape index (κ1) is 26.7. The first-order chi connectivity index (χ1) is 17.9. The lowest BCUT2D eigenvalue weighted by Crippen LogP contribution is -2.65. The normalized spacial score (nSPS) is 53.5. The number of esters is 2. The van der Waals surface area contributed by atoms with Gasteiger partial charge < -0.3 is 18.9 Å². The third kappa shape index (κ3) is 3.69. The lowest BCUT2D eigenvalue weighted by molar-refractivity contribution is -0.273. The molecule has 0 N–H and O–H groups in total. The summed E-state index contributed by atoms with van der Waals surface area (Å²) in [6.45, 7) is 12.6. The lowest BCUT2D eigenvalue weighted by atomic mass is 9.43. The maximum absolute atomic E-state index is 14.6. The fourth-order valence-electron chi connectivity index (χ4n) is 10.7. The van der Waals surface area contributed by atoms with Crippen molar-refractivity contribution in [2.75, 3.05) is 6.61 Å². The first-order valence-corrected chi connectivity index (χ1v) is 15.1. The molecule has 6 rings (SSSR count). The van der Waals surface area contributed by atoms with Gasteiger partial charge in [-0.1, -0.05) is 27.7 Å². The Morgan fingerprint density at radius 2 is 1.68 bits per heavy atom. The minimum absolute atomic E-state index is 0.0169. The summed E-state index contributed by atoms with van der Waals surface area (Å²) in [4.78, 5) is 38.8. The topological polar surface area (TPSA) is 88.1 Å². The highest BCUT2D eigenvalue weighted by molar-refractivity contribution is 5.90. The lowest BCUT2D eigenvalue weighted by Gasteiger charge is -2.61. The van der Waals surface area contributed by atoms with E-state index < -0.39 is 17.3 Å². The zero-order valence-electron chi connectivity index (χ0n) is 24.0. The standard InChI is InChI=1S/C31H46O7/c1-16-9-12-31(35-15-16)17(2)25-24(38-31)14-23-22-8-7-20-13-21(36-18(3)32)10-11-29(20,5)26(22)27(34)28(30(23,25)6)37-19(4)33/h16-17,20-26,28H,7-15H2,1-6H3/t16?,17-,20-,21-,22?,23?,24?,25?,26?,28+,29-,30-,31+/m0/s1. The third-order valence-electron chi connectivity index (χ3n) is 12.3. The molecule has 6 fully saturated rings. The summed E-state index contributed by atoms with van der Waals surface area (Å²) in [5, 5.41) is 0. The van der Waals surface area contributed by atoms with Crippen LogP contribution in [-0.2, 0) is 33.3 Å². The summed E-state index contributed by atoms with van der Waals surface area (Å²) in [7, 11) is 0. The molecule has 13 atom stereocenters. The molecule has 7 heteroatoms. The van der Waals surface area contributed by atoms with E-state index in [9.17, 15) is 14.4 Å². The van der Waals surface area contributed by atoms with Gasteiger partial charge in [-0.05, 0) is 74.0 Å². The van der Waals surface area contributed by atoms with E-state index in [1.807, 2.05) is 0 Å². The molecule has 6 unspecified atom stereocenters. The highest BCUT2D eigenvalue weighted by Gasteiger charge is 2.74. The minimum atomic E-state index is -0.758. The molecule has 0 radical (unpaired) electrons. The Morgan fingerprint density at radius 3 is 2.34 bits per heavy atom. The predicted molar refractivity (Wildman–Crippen MR) is 139 cm³/mol. The Kier molecular flexibility index (Phi) is 6.35.